The lowest BCUT2D eigenvalue weighted by Gasteiger charge is -2.10. The summed E-state index contributed by atoms with van der Waals surface area (Å²) in [6.07, 6.45) is 10.6. The van der Waals surface area contributed by atoms with Gasteiger partial charge >= 0.3 is 5.97 Å². The molecule has 0 amide bonds. The molecule has 0 aliphatic carbocycles. The zero-order valence-electron chi connectivity index (χ0n) is 18.4. The minimum absolute atomic E-state index is 0.135. The fourth-order valence-electron chi connectivity index (χ4n) is 4.18. The van der Waals surface area contributed by atoms with Crippen molar-refractivity contribution < 1.29 is 14.3 Å². The van der Waals surface area contributed by atoms with Crippen molar-refractivity contribution in [2.75, 3.05) is 6.61 Å². The van der Waals surface area contributed by atoms with Crippen molar-refractivity contribution in [3.05, 3.63) is 64.4 Å². The number of fused-ring (bicyclic) bond motifs is 1. The van der Waals surface area contributed by atoms with E-state index in [0.29, 0.717) is 35.9 Å². The van der Waals surface area contributed by atoms with E-state index in [2.05, 4.69) is 13.5 Å². The number of ether oxygens (including phenoxy) is 1. The number of nitrogens with zero attached hydrogens (tertiary/aromatic N) is 1. The molecule has 1 aromatic heterocycles. The molecule has 1 atom stereocenters. The molecule has 1 aliphatic heterocycles. The van der Waals surface area contributed by atoms with Crippen LogP contribution in [0.1, 0.15) is 91.5 Å². The Morgan fingerprint density at radius 2 is 1.81 bits per heavy atom. The number of halogens is 1. The fourth-order valence-corrected chi connectivity index (χ4v) is 4.48. The third-order valence-electron chi connectivity index (χ3n) is 5.98. The maximum Gasteiger partial charge on any atom is 0.315 e. The van der Waals surface area contributed by atoms with Crippen LogP contribution in [0.2, 0.25) is 5.02 Å². The maximum absolute atomic E-state index is 13.1. The Bertz CT molecular complexity index is 913. The Labute approximate surface area is 190 Å². The number of esters is 1. The van der Waals surface area contributed by atoms with Gasteiger partial charge in [-0.1, -0.05) is 94.0 Å². The van der Waals surface area contributed by atoms with E-state index >= 15 is 0 Å². The van der Waals surface area contributed by atoms with Crippen LogP contribution in [0.15, 0.2) is 36.9 Å². The summed E-state index contributed by atoms with van der Waals surface area (Å²) < 4.78 is 7.42. The number of rotatable bonds is 12. The van der Waals surface area contributed by atoms with E-state index in [9.17, 15) is 9.59 Å². The molecule has 0 N–H and O–H groups in total. The normalized spacial score (nSPS) is 15.0. The Hall–Kier alpha value is -2.33. The molecule has 2 aromatic rings. The van der Waals surface area contributed by atoms with Crippen LogP contribution in [0.4, 0.5) is 0 Å². The summed E-state index contributed by atoms with van der Waals surface area (Å²) in [5.41, 5.74) is 2.75. The van der Waals surface area contributed by atoms with Gasteiger partial charge in [0.2, 0.25) is 5.78 Å². The summed E-state index contributed by atoms with van der Waals surface area (Å²) in [6.45, 7) is 6.99. The summed E-state index contributed by atoms with van der Waals surface area (Å²) in [6, 6.07) is 9.01. The highest BCUT2D eigenvalue weighted by Gasteiger charge is 2.35. The number of aromatic nitrogens is 1. The van der Waals surface area contributed by atoms with Gasteiger partial charge in [0.15, 0.2) is 0 Å². The second-order valence-corrected chi connectivity index (χ2v) is 8.61. The SMILES string of the molecule is C=Cc1ccc(C(=O)c2c(Cl)cc3n2CCC3C(=O)OCCCCCCCCC)cc1. The lowest BCUT2D eigenvalue weighted by atomic mass is 10.0. The van der Waals surface area contributed by atoms with E-state index in [0.717, 1.165) is 24.1 Å². The molecule has 0 fully saturated rings. The Balaban J connectivity index is 1.58. The maximum atomic E-state index is 13.1. The van der Waals surface area contributed by atoms with Crippen molar-refractivity contribution in [2.45, 2.75) is 70.8 Å². The van der Waals surface area contributed by atoms with Crippen molar-refractivity contribution in [3.8, 4) is 0 Å². The van der Waals surface area contributed by atoms with Crippen LogP contribution < -0.4 is 0 Å². The zero-order chi connectivity index (χ0) is 22.2. The van der Waals surface area contributed by atoms with Crippen LogP contribution >= 0.6 is 11.6 Å². The minimum Gasteiger partial charge on any atom is -0.465 e. The number of unbranched alkanes of at least 4 members (excludes halogenated alkanes) is 6. The van der Waals surface area contributed by atoms with Crippen LogP contribution in [0.25, 0.3) is 6.08 Å². The second kappa shape index (κ2) is 11.3. The number of hydrogen-bond donors (Lipinski definition) is 0. The molecule has 0 spiro atoms. The van der Waals surface area contributed by atoms with Gasteiger partial charge in [-0.2, -0.15) is 0 Å². The first kappa shape index (κ1) is 23.3. The third-order valence-corrected chi connectivity index (χ3v) is 6.27. The average molecular weight is 442 g/mol. The largest absolute Gasteiger partial charge is 0.465 e. The summed E-state index contributed by atoms with van der Waals surface area (Å²) in [7, 11) is 0. The van der Waals surface area contributed by atoms with Gasteiger partial charge in [0.05, 0.1) is 17.5 Å². The molecular formula is C26H32ClNO3. The van der Waals surface area contributed by atoms with E-state index in [1.807, 2.05) is 16.7 Å². The van der Waals surface area contributed by atoms with Crippen LogP contribution in [-0.2, 0) is 16.1 Å². The molecule has 3 rings (SSSR count). The van der Waals surface area contributed by atoms with E-state index in [4.69, 9.17) is 16.3 Å². The number of carbonyl (C=O) groups excluding carboxylic acids is 2. The molecule has 2 heterocycles. The molecule has 1 aromatic carbocycles. The Morgan fingerprint density at radius 1 is 1.13 bits per heavy atom. The second-order valence-electron chi connectivity index (χ2n) is 8.20. The number of hydrogen-bond acceptors (Lipinski definition) is 3. The molecular weight excluding hydrogens is 410 g/mol. The van der Waals surface area contributed by atoms with Gasteiger partial charge in [-0.25, -0.2) is 0 Å². The summed E-state index contributed by atoms with van der Waals surface area (Å²) in [4.78, 5) is 25.7. The molecule has 166 valence electrons. The van der Waals surface area contributed by atoms with E-state index in [1.54, 1.807) is 24.3 Å². The molecule has 0 radical (unpaired) electrons. The highest BCUT2D eigenvalue weighted by molar-refractivity contribution is 6.35. The van der Waals surface area contributed by atoms with Crippen LogP contribution in [0.5, 0.6) is 0 Å². The van der Waals surface area contributed by atoms with Crippen molar-refractivity contribution in [1.29, 1.82) is 0 Å². The highest BCUT2D eigenvalue weighted by atomic mass is 35.5. The van der Waals surface area contributed by atoms with Gasteiger partial charge in [-0.3, -0.25) is 9.59 Å². The van der Waals surface area contributed by atoms with E-state index < -0.39 is 0 Å². The van der Waals surface area contributed by atoms with Gasteiger partial charge in [0.25, 0.3) is 0 Å². The monoisotopic (exact) mass is 441 g/mol. The lowest BCUT2D eigenvalue weighted by molar-refractivity contribution is -0.145. The number of ketones is 1. The first-order valence-electron chi connectivity index (χ1n) is 11.4. The van der Waals surface area contributed by atoms with Gasteiger partial charge in [-0.05, 0) is 24.5 Å². The number of carbonyl (C=O) groups is 2. The molecule has 31 heavy (non-hydrogen) atoms. The summed E-state index contributed by atoms with van der Waals surface area (Å²) >= 11 is 6.42. The molecule has 5 heteroatoms. The van der Waals surface area contributed by atoms with E-state index in [-0.39, 0.29) is 17.7 Å². The van der Waals surface area contributed by atoms with Crippen molar-refractivity contribution >= 4 is 29.4 Å². The van der Waals surface area contributed by atoms with Crippen LogP contribution in [-0.4, -0.2) is 22.9 Å². The highest BCUT2D eigenvalue weighted by Crippen LogP contribution is 2.36. The molecule has 0 saturated carbocycles. The lowest BCUT2D eigenvalue weighted by Crippen LogP contribution is -2.14. The van der Waals surface area contributed by atoms with Crippen molar-refractivity contribution in [3.63, 3.8) is 0 Å². The van der Waals surface area contributed by atoms with Crippen LogP contribution in [0, 0.1) is 0 Å². The van der Waals surface area contributed by atoms with E-state index in [1.165, 1.54) is 32.1 Å². The zero-order valence-corrected chi connectivity index (χ0v) is 19.1. The molecule has 1 unspecified atom stereocenters. The minimum atomic E-state index is -0.355. The topological polar surface area (TPSA) is 48.3 Å². The molecule has 1 aliphatic rings. The Kier molecular flexibility index (Phi) is 8.53. The first-order chi connectivity index (χ1) is 15.1. The van der Waals surface area contributed by atoms with Crippen molar-refractivity contribution in [2.24, 2.45) is 0 Å². The molecule has 0 bridgehead atoms. The standard InChI is InChI=1S/C26H32ClNO3/c1-3-5-6-7-8-9-10-17-31-26(30)21-15-16-28-23(21)18-22(27)24(28)25(29)20-13-11-19(4-2)12-14-20/h4,11-14,18,21H,2-3,5-10,15-17H2,1H3. The smallest absolute Gasteiger partial charge is 0.315 e. The third kappa shape index (κ3) is 5.68. The van der Waals surface area contributed by atoms with Gasteiger partial charge < -0.3 is 9.30 Å². The Morgan fingerprint density at radius 3 is 2.48 bits per heavy atom. The van der Waals surface area contributed by atoms with Gasteiger partial charge in [-0.15, -0.1) is 0 Å². The summed E-state index contributed by atoms with van der Waals surface area (Å²) in [5, 5.41) is 0.386. The number of benzene rings is 1. The van der Waals surface area contributed by atoms with Gasteiger partial charge in [0, 0.05) is 17.8 Å². The predicted octanol–water partition coefficient (Wildman–Crippen LogP) is 6.80. The molecule has 0 saturated heterocycles. The van der Waals surface area contributed by atoms with Gasteiger partial charge in [0.1, 0.15) is 5.69 Å². The van der Waals surface area contributed by atoms with Crippen LogP contribution in [0.3, 0.4) is 0 Å². The van der Waals surface area contributed by atoms with Crippen molar-refractivity contribution in [1.82, 2.24) is 4.57 Å². The quantitative estimate of drug-likeness (QED) is 0.207. The molecule has 4 nitrogen and oxygen atoms in total. The first-order valence-corrected chi connectivity index (χ1v) is 11.8. The fraction of sp³-hybridized carbons (Fsp3) is 0.462. The summed E-state index contributed by atoms with van der Waals surface area (Å²) in [5.74, 6) is -0.705. The average Bonchev–Trinajstić information content (AvgIpc) is 3.32. The predicted molar refractivity (Wildman–Crippen MR) is 126 cm³/mol.